The Morgan fingerprint density at radius 3 is 2.71 bits per heavy atom. The third-order valence-electron chi connectivity index (χ3n) is 2.32. The van der Waals surface area contributed by atoms with Crippen LogP contribution in [0.4, 0.5) is 14.5 Å². The van der Waals surface area contributed by atoms with Gasteiger partial charge < -0.3 is 10.0 Å². The molecular formula is C12H13F2NO2. The van der Waals surface area contributed by atoms with Crippen molar-refractivity contribution in [3.63, 3.8) is 0 Å². The zero-order chi connectivity index (χ0) is 13.0. The van der Waals surface area contributed by atoms with Gasteiger partial charge in [0, 0.05) is 12.7 Å². The van der Waals surface area contributed by atoms with Crippen LogP contribution in [-0.4, -0.2) is 31.1 Å². The summed E-state index contributed by atoms with van der Waals surface area (Å²) >= 11 is 0. The lowest BCUT2D eigenvalue weighted by atomic mass is 10.1. The van der Waals surface area contributed by atoms with Crippen molar-refractivity contribution >= 4 is 17.7 Å². The molecule has 0 saturated carbocycles. The van der Waals surface area contributed by atoms with Crippen LogP contribution in [-0.2, 0) is 0 Å². The van der Waals surface area contributed by atoms with Gasteiger partial charge in [0.15, 0.2) is 0 Å². The molecule has 0 aliphatic heterocycles. The minimum atomic E-state index is -2.45. The van der Waals surface area contributed by atoms with Crippen LogP contribution in [0.3, 0.4) is 0 Å². The van der Waals surface area contributed by atoms with E-state index < -0.39 is 18.9 Å². The third-order valence-corrected chi connectivity index (χ3v) is 2.32. The molecule has 17 heavy (non-hydrogen) atoms. The van der Waals surface area contributed by atoms with Crippen LogP contribution in [0.15, 0.2) is 24.8 Å². The number of carboxylic acid groups (broad SMARTS) is 1. The second-order valence-corrected chi connectivity index (χ2v) is 3.55. The molecule has 1 aromatic rings. The van der Waals surface area contributed by atoms with E-state index in [1.807, 2.05) is 0 Å². The molecule has 0 radical (unpaired) electrons. The minimum absolute atomic E-state index is 0.106. The van der Waals surface area contributed by atoms with Gasteiger partial charge in [-0.05, 0) is 23.8 Å². The summed E-state index contributed by atoms with van der Waals surface area (Å²) in [7, 11) is 1.52. The number of carboxylic acids is 1. The Morgan fingerprint density at radius 1 is 1.59 bits per heavy atom. The normalized spacial score (nSPS) is 10.4. The van der Waals surface area contributed by atoms with E-state index in [0.29, 0.717) is 11.3 Å². The number of benzene rings is 1. The molecule has 0 fully saturated rings. The SMILES string of the molecule is C=Cc1cc(C(=O)O)ccc1N(C)CC(F)F. The molecule has 92 valence electrons. The highest BCUT2D eigenvalue weighted by Gasteiger charge is 2.13. The number of hydrogen-bond acceptors (Lipinski definition) is 2. The monoisotopic (exact) mass is 241 g/mol. The topological polar surface area (TPSA) is 40.5 Å². The lowest BCUT2D eigenvalue weighted by Crippen LogP contribution is -2.24. The fourth-order valence-electron chi connectivity index (χ4n) is 1.50. The Bertz CT molecular complexity index is 433. The number of anilines is 1. The van der Waals surface area contributed by atoms with E-state index in [1.165, 1.54) is 36.2 Å². The highest BCUT2D eigenvalue weighted by molar-refractivity contribution is 5.89. The molecule has 5 heteroatoms. The van der Waals surface area contributed by atoms with Crippen LogP contribution in [0.2, 0.25) is 0 Å². The summed E-state index contributed by atoms with van der Waals surface area (Å²) in [5.74, 6) is -1.06. The Hall–Kier alpha value is -1.91. The fourth-order valence-corrected chi connectivity index (χ4v) is 1.50. The second kappa shape index (κ2) is 5.43. The number of carbonyl (C=O) groups is 1. The van der Waals surface area contributed by atoms with Crippen LogP contribution in [0.5, 0.6) is 0 Å². The molecule has 0 spiro atoms. The first-order valence-corrected chi connectivity index (χ1v) is 4.94. The average Bonchev–Trinajstić information content (AvgIpc) is 2.27. The Morgan fingerprint density at radius 2 is 2.24 bits per heavy atom. The number of aromatic carboxylic acids is 1. The molecule has 1 N–H and O–H groups in total. The minimum Gasteiger partial charge on any atom is -0.478 e. The van der Waals surface area contributed by atoms with Crippen molar-refractivity contribution in [2.24, 2.45) is 0 Å². The predicted molar refractivity (Wildman–Crippen MR) is 62.8 cm³/mol. The summed E-state index contributed by atoms with van der Waals surface area (Å²) in [5, 5.41) is 8.81. The smallest absolute Gasteiger partial charge is 0.335 e. The Labute approximate surface area is 98.0 Å². The first-order valence-electron chi connectivity index (χ1n) is 4.94. The number of rotatable bonds is 5. The summed E-state index contributed by atoms with van der Waals surface area (Å²) < 4.78 is 24.5. The van der Waals surface area contributed by atoms with E-state index in [9.17, 15) is 13.6 Å². The predicted octanol–water partition coefficient (Wildman–Crippen LogP) is 2.73. The van der Waals surface area contributed by atoms with Crippen molar-refractivity contribution in [2.45, 2.75) is 6.43 Å². The van der Waals surface area contributed by atoms with Crippen LogP contribution >= 0.6 is 0 Å². The molecule has 0 saturated heterocycles. The second-order valence-electron chi connectivity index (χ2n) is 3.55. The lowest BCUT2D eigenvalue weighted by Gasteiger charge is -2.21. The quantitative estimate of drug-likeness (QED) is 0.861. The van der Waals surface area contributed by atoms with E-state index in [0.717, 1.165) is 0 Å². The molecule has 1 rings (SSSR count). The molecule has 0 amide bonds. The third kappa shape index (κ3) is 3.27. The largest absolute Gasteiger partial charge is 0.478 e. The maximum atomic E-state index is 12.3. The van der Waals surface area contributed by atoms with E-state index in [-0.39, 0.29) is 5.56 Å². The van der Waals surface area contributed by atoms with E-state index in [1.54, 1.807) is 0 Å². The molecule has 0 unspecified atom stereocenters. The molecule has 0 aliphatic carbocycles. The molecule has 0 atom stereocenters. The zero-order valence-corrected chi connectivity index (χ0v) is 9.36. The maximum absolute atomic E-state index is 12.3. The standard InChI is InChI=1S/C12H13F2NO2/c1-3-8-6-9(12(16)17)4-5-10(8)15(2)7-11(13)14/h3-6,11H,1,7H2,2H3,(H,16,17). The summed E-state index contributed by atoms with van der Waals surface area (Å²) in [6.07, 6.45) is -0.999. The highest BCUT2D eigenvalue weighted by Crippen LogP contribution is 2.23. The van der Waals surface area contributed by atoms with Gasteiger partial charge in [0.2, 0.25) is 0 Å². The highest BCUT2D eigenvalue weighted by atomic mass is 19.3. The number of hydrogen-bond donors (Lipinski definition) is 1. The van der Waals surface area contributed by atoms with Crippen LogP contribution in [0.1, 0.15) is 15.9 Å². The van der Waals surface area contributed by atoms with Gasteiger partial charge in [0.05, 0.1) is 12.1 Å². The maximum Gasteiger partial charge on any atom is 0.335 e. The van der Waals surface area contributed by atoms with Crippen LogP contribution in [0.25, 0.3) is 6.08 Å². The molecule has 0 aromatic heterocycles. The van der Waals surface area contributed by atoms with Crippen molar-refractivity contribution < 1.29 is 18.7 Å². The number of nitrogens with zero attached hydrogens (tertiary/aromatic N) is 1. The van der Waals surface area contributed by atoms with Crippen molar-refractivity contribution in [3.8, 4) is 0 Å². The van der Waals surface area contributed by atoms with Crippen molar-refractivity contribution in [3.05, 3.63) is 35.9 Å². The summed E-state index contributed by atoms with van der Waals surface area (Å²) in [6, 6.07) is 4.29. The van der Waals surface area contributed by atoms with E-state index in [4.69, 9.17) is 5.11 Å². The van der Waals surface area contributed by atoms with Gasteiger partial charge in [0.25, 0.3) is 6.43 Å². The molecule has 3 nitrogen and oxygen atoms in total. The van der Waals surface area contributed by atoms with Gasteiger partial charge >= 0.3 is 5.97 Å². The first-order chi connectivity index (χ1) is 7.95. The molecule has 0 aliphatic rings. The zero-order valence-electron chi connectivity index (χ0n) is 9.36. The number of halogens is 2. The van der Waals surface area contributed by atoms with Crippen LogP contribution < -0.4 is 4.90 Å². The van der Waals surface area contributed by atoms with Gasteiger partial charge in [-0.15, -0.1) is 0 Å². The van der Waals surface area contributed by atoms with E-state index in [2.05, 4.69) is 6.58 Å². The molecular weight excluding hydrogens is 228 g/mol. The van der Waals surface area contributed by atoms with Gasteiger partial charge in [-0.3, -0.25) is 0 Å². The van der Waals surface area contributed by atoms with Crippen LogP contribution in [0, 0.1) is 0 Å². The van der Waals surface area contributed by atoms with Gasteiger partial charge in [-0.2, -0.15) is 0 Å². The summed E-state index contributed by atoms with van der Waals surface area (Å²) in [6.45, 7) is 3.14. The van der Waals surface area contributed by atoms with E-state index >= 15 is 0 Å². The molecule has 0 bridgehead atoms. The van der Waals surface area contributed by atoms with Crippen molar-refractivity contribution in [2.75, 3.05) is 18.5 Å². The lowest BCUT2D eigenvalue weighted by molar-refractivity contribution is 0.0697. The Balaban J connectivity index is 3.08. The Kier molecular flexibility index (Phi) is 4.20. The fraction of sp³-hybridized carbons (Fsp3) is 0.250. The van der Waals surface area contributed by atoms with Gasteiger partial charge in [-0.25, -0.2) is 13.6 Å². The van der Waals surface area contributed by atoms with Crippen molar-refractivity contribution in [1.82, 2.24) is 0 Å². The average molecular weight is 241 g/mol. The van der Waals surface area contributed by atoms with Crippen molar-refractivity contribution in [1.29, 1.82) is 0 Å². The summed E-state index contributed by atoms with van der Waals surface area (Å²) in [4.78, 5) is 12.1. The molecule has 1 aromatic carbocycles. The number of alkyl halides is 2. The molecule has 0 heterocycles. The van der Waals surface area contributed by atoms with Gasteiger partial charge in [0.1, 0.15) is 0 Å². The van der Waals surface area contributed by atoms with Gasteiger partial charge in [-0.1, -0.05) is 12.7 Å². The first kappa shape index (κ1) is 13.2. The summed E-state index contributed by atoms with van der Waals surface area (Å²) in [5.41, 5.74) is 1.16.